The van der Waals surface area contributed by atoms with E-state index in [-0.39, 0.29) is 5.75 Å². The van der Waals surface area contributed by atoms with Crippen LogP contribution >= 0.6 is 11.8 Å². The van der Waals surface area contributed by atoms with Crippen molar-refractivity contribution in [2.75, 3.05) is 5.75 Å². The Bertz CT molecular complexity index is 1020. The first kappa shape index (κ1) is 18.3. The maximum Gasteiger partial charge on any atom is 0.263 e. The van der Waals surface area contributed by atoms with Gasteiger partial charge in [0, 0.05) is 0 Å². The fourth-order valence-corrected chi connectivity index (χ4v) is 3.77. The van der Waals surface area contributed by atoms with E-state index in [1.165, 1.54) is 0 Å². The van der Waals surface area contributed by atoms with Crippen LogP contribution < -0.4 is 10.3 Å². The number of aromatic nitrogens is 2. The van der Waals surface area contributed by atoms with Crippen LogP contribution in [0.25, 0.3) is 11.0 Å². The number of H-pyrrole nitrogens is 1. The molecule has 2 aromatic carbocycles. The Balaban J connectivity index is 1.60. The molecule has 3 N–H and O–H groups in total. The van der Waals surface area contributed by atoms with Gasteiger partial charge in [0.05, 0.1) is 16.8 Å². The normalized spacial score (nSPS) is 11.6. The second-order valence-electron chi connectivity index (χ2n) is 5.05. The fraction of sp³-hybridized carbons (Fsp3) is 0.0667. The van der Waals surface area contributed by atoms with Crippen LogP contribution in [0.15, 0.2) is 52.5 Å². The highest BCUT2D eigenvalue weighted by molar-refractivity contribution is 7.99. The molecule has 0 unspecified atom stereocenters. The summed E-state index contributed by atoms with van der Waals surface area (Å²) in [5.74, 6) is -3.40. The molecule has 26 heavy (non-hydrogen) atoms. The third-order valence-electron chi connectivity index (χ3n) is 3.22. The number of imidazole rings is 1. The monoisotopic (exact) mass is 398 g/mol. The Kier molecular flexibility index (Phi) is 5.20. The van der Waals surface area contributed by atoms with E-state index in [1.807, 2.05) is 23.6 Å². The Morgan fingerprint density at radius 1 is 1.12 bits per heavy atom. The lowest BCUT2D eigenvalue weighted by Gasteiger charge is -2.09. The van der Waals surface area contributed by atoms with Crippen LogP contribution in [0.5, 0.6) is 0 Å². The molecule has 0 radical (unpaired) electrons. The highest BCUT2D eigenvalue weighted by Gasteiger charge is 2.24. The lowest BCUT2D eigenvalue weighted by Crippen LogP contribution is -2.43. The largest absolute Gasteiger partial charge is 0.333 e. The Hall–Kier alpha value is -2.50. The number of hydrogen-bond acceptors (Lipinski definition) is 5. The molecule has 0 atom stereocenters. The first-order valence-electron chi connectivity index (χ1n) is 7.19. The van der Waals surface area contributed by atoms with E-state index in [0.717, 1.165) is 41.0 Å². The molecule has 11 heteroatoms. The lowest BCUT2D eigenvalue weighted by atomic mass is 10.3. The van der Waals surface area contributed by atoms with Gasteiger partial charge in [0.25, 0.3) is 10.0 Å². The van der Waals surface area contributed by atoms with Gasteiger partial charge in [-0.3, -0.25) is 10.2 Å². The van der Waals surface area contributed by atoms with Crippen molar-refractivity contribution in [2.24, 2.45) is 0 Å². The molecular formula is C15H12F2N4O3S2. The van der Waals surface area contributed by atoms with Crippen molar-refractivity contribution in [2.45, 2.75) is 10.1 Å². The fourth-order valence-electron chi connectivity index (χ4n) is 2.08. The van der Waals surface area contributed by atoms with Crippen LogP contribution in [0.2, 0.25) is 0 Å². The van der Waals surface area contributed by atoms with Crippen molar-refractivity contribution in [1.29, 1.82) is 0 Å². The van der Waals surface area contributed by atoms with Gasteiger partial charge in [-0.1, -0.05) is 30.0 Å². The van der Waals surface area contributed by atoms with Crippen molar-refractivity contribution in [1.82, 2.24) is 20.2 Å². The predicted molar refractivity (Wildman–Crippen MR) is 91.6 cm³/mol. The zero-order chi connectivity index (χ0) is 18.7. The number of carbonyl (C=O) groups is 1. The molecule has 0 aliphatic rings. The number of nitrogens with zero attached hydrogens (tertiary/aromatic N) is 1. The number of aromatic amines is 1. The molecular weight excluding hydrogens is 386 g/mol. The summed E-state index contributed by atoms with van der Waals surface area (Å²) in [7, 11) is -4.58. The molecule has 7 nitrogen and oxygen atoms in total. The van der Waals surface area contributed by atoms with Crippen LogP contribution in [0, 0.1) is 11.6 Å². The standard InChI is InChI=1S/C15H12F2N4O3S2/c16-9-4-3-5-10(17)14(9)26(23,24)21-20-13(22)8-25-15-18-11-6-1-2-7-12(11)19-15/h1-7,21H,8H2,(H,18,19)(H,20,22). The van der Waals surface area contributed by atoms with Crippen LogP contribution in [-0.2, 0) is 14.8 Å². The molecule has 0 bridgehead atoms. The van der Waals surface area contributed by atoms with E-state index < -0.39 is 32.5 Å². The molecule has 3 aromatic rings. The van der Waals surface area contributed by atoms with E-state index >= 15 is 0 Å². The molecule has 136 valence electrons. The quantitative estimate of drug-likeness (QED) is 0.435. The van der Waals surface area contributed by atoms with Crippen molar-refractivity contribution in [3.8, 4) is 0 Å². The summed E-state index contributed by atoms with van der Waals surface area (Å²) >= 11 is 1.05. The third kappa shape index (κ3) is 4.00. The van der Waals surface area contributed by atoms with Crippen molar-refractivity contribution in [3.05, 3.63) is 54.1 Å². The van der Waals surface area contributed by atoms with Gasteiger partial charge in [-0.25, -0.2) is 22.2 Å². The van der Waals surface area contributed by atoms with Gasteiger partial charge in [-0.15, -0.1) is 4.83 Å². The summed E-state index contributed by atoms with van der Waals surface area (Å²) in [6.45, 7) is 0. The Labute approximate surface area is 151 Å². The number of thioether (sulfide) groups is 1. The number of benzene rings is 2. The van der Waals surface area contributed by atoms with Crippen LogP contribution in [-0.4, -0.2) is 30.0 Å². The average molecular weight is 398 g/mol. The molecule has 0 fully saturated rings. The average Bonchev–Trinajstić information content (AvgIpc) is 3.01. The highest BCUT2D eigenvalue weighted by Crippen LogP contribution is 2.19. The second kappa shape index (κ2) is 7.40. The van der Waals surface area contributed by atoms with E-state index in [4.69, 9.17) is 0 Å². The number of nitrogens with one attached hydrogen (secondary N) is 3. The molecule has 0 aliphatic heterocycles. The number of carbonyl (C=O) groups excluding carboxylic acids is 1. The first-order valence-corrected chi connectivity index (χ1v) is 9.66. The minimum Gasteiger partial charge on any atom is -0.333 e. The summed E-state index contributed by atoms with van der Waals surface area (Å²) in [5, 5.41) is 0.476. The van der Waals surface area contributed by atoms with Gasteiger partial charge >= 0.3 is 0 Å². The van der Waals surface area contributed by atoms with Crippen LogP contribution in [0.3, 0.4) is 0 Å². The van der Waals surface area contributed by atoms with Gasteiger partial charge in [0.2, 0.25) is 5.91 Å². The summed E-state index contributed by atoms with van der Waals surface area (Å²) in [6.07, 6.45) is 0. The molecule has 0 saturated heterocycles. The molecule has 0 aliphatic carbocycles. The zero-order valence-electron chi connectivity index (χ0n) is 13.0. The number of hydrogen-bond donors (Lipinski definition) is 3. The number of hydrazine groups is 1. The summed E-state index contributed by atoms with van der Waals surface area (Å²) < 4.78 is 51.0. The topological polar surface area (TPSA) is 104 Å². The number of amides is 1. The van der Waals surface area contributed by atoms with Gasteiger partial charge in [-0.2, -0.15) is 0 Å². The van der Waals surface area contributed by atoms with Crippen molar-refractivity contribution in [3.63, 3.8) is 0 Å². The lowest BCUT2D eigenvalue weighted by molar-refractivity contribution is -0.119. The Morgan fingerprint density at radius 3 is 2.50 bits per heavy atom. The number of sulfonamides is 1. The van der Waals surface area contributed by atoms with E-state index in [2.05, 4.69) is 9.97 Å². The Morgan fingerprint density at radius 2 is 1.81 bits per heavy atom. The maximum atomic E-state index is 13.6. The number of rotatable bonds is 6. The molecule has 0 saturated carbocycles. The van der Waals surface area contributed by atoms with Crippen LogP contribution in [0.4, 0.5) is 8.78 Å². The number of fused-ring (bicyclic) bond motifs is 1. The predicted octanol–water partition coefficient (Wildman–Crippen LogP) is 1.94. The molecule has 1 aromatic heterocycles. The number of para-hydroxylation sites is 2. The smallest absolute Gasteiger partial charge is 0.263 e. The minimum atomic E-state index is -4.58. The summed E-state index contributed by atoms with van der Waals surface area (Å²) in [5.41, 5.74) is 3.43. The van der Waals surface area contributed by atoms with E-state index in [9.17, 15) is 22.0 Å². The van der Waals surface area contributed by atoms with E-state index in [1.54, 1.807) is 10.9 Å². The minimum absolute atomic E-state index is 0.165. The van der Waals surface area contributed by atoms with Crippen molar-refractivity contribution < 1.29 is 22.0 Å². The van der Waals surface area contributed by atoms with Crippen LogP contribution in [0.1, 0.15) is 0 Å². The first-order chi connectivity index (χ1) is 12.4. The third-order valence-corrected chi connectivity index (χ3v) is 5.39. The maximum absolute atomic E-state index is 13.6. The molecule has 1 heterocycles. The van der Waals surface area contributed by atoms with Gasteiger partial charge < -0.3 is 4.98 Å². The highest BCUT2D eigenvalue weighted by atomic mass is 32.2. The van der Waals surface area contributed by atoms with Crippen molar-refractivity contribution >= 4 is 38.7 Å². The molecule has 1 amide bonds. The van der Waals surface area contributed by atoms with Gasteiger partial charge in [0.15, 0.2) is 10.1 Å². The second-order valence-corrected chi connectivity index (χ2v) is 7.64. The molecule has 0 spiro atoms. The summed E-state index contributed by atoms with van der Waals surface area (Å²) in [4.78, 5) is 19.5. The SMILES string of the molecule is O=C(CSc1nc2ccccc2[nH]1)NNS(=O)(=O)c1c(F)cccc1F. The number of halogens is 2. The van der Waals surface area contributed by atoms with Gasteiger partial charge in [-0.05, 0) is 24.3 Å². The zero-order valence-corrected chi connectivity index (χ0v) is 14.6. The molecule has 3 rings (SSSR count). The van der Waals surface area contributed by atoms with Gasteiger partial charge in [0.1, 0.15) is 11.6 Å². The summed E-state index contributed by atoms with van der Waals surface area (Å²) in [6, 6.07) is 9.91. The van der Waals surface area contributed by atoms with E-state index in [0.29, 0.717) is 5.16 Å².